The van der Waals surface area contributed by atoms with Crippen LogP contribution in [0.15, 0.2) is 188 Å². The van der Waals surface area contributed by atoms with Crippen LogP contribution < -0.4 is 4.74 Å². The van der Waals surface area contributed by atoms with E-state index < -0.39 is 5.41 Å². The first kappa shape index (κ1) is 31.0. The molecule has 2 aliphatic rings. The number of hydrogen-bond donors (Lipinski definition) is 0. The summed E-state index contributed by atoms with van der Waals surface area (Å²) in [5.41, 5.74) is 15.1. The monoisotopic (exact) mass is 713 g/mol. The summed E-state index contributed by atoms with van der Waals surface area (Å²) < 4.78 is 6.93. The predicted octanol–water partition coefficient (Wildman–Crippen LogP) is 12.8. The van der Waals surface area contributed by atoms with E-state index in [1.54, 1.807) is 0 Å². The van der Waals surface area contributed by atoms with Crippen LogP contribution >= 0.6 is 0 Å². The van der Waals surface area contributed by atoms with Gasteiger partial charge in [-0.1, -0.05) is 109 Å². The molecule has 0 amide bonds. The minimum absolute atomic E-state index is 0.721. The Morgan fingerprint density at radius 3 is 1.25 bits per heavy atom. The molecule has 0 saturated heterocycles. The highest BCUT2D eigenvalue weighted by Gasteiger charge is 2.51. The van der Waals surface area contributed by atoms with Crippen LogP contribution in [0.4, 0.5) is 0 Å². The number of para-hydroxylation sites is 3. The Hall–Kier alpha value is -7.43. The molecular formula is C52H31N3O. The van der Waals surface area contributed by atoms with Gasteiger partial charge in [-0.05, 0) is 101 Å². The van der Waals surface area contributed by atoms with Crippen molar-refractivity contribution >= 4 is 32.7 Å². The summed E-state index contributed by atoms with van der Waals surface area (Å²) >= 11 is 0. The van der Waals surface area contributed by atoms with Gasteiger partial charge in [0.1, 0.15) is 11.5 Å². The fraction of sp³-hybridized carbons (Fsp3) is 0.0192. The average Bonchev–Trinajstić information content (AvgIpc) is 3.55. The van der Waals surface area contributed by atoms with Crippen LogP contribution in [0.3, 0.4) is 0 Å². The highest BCUT2D eigenvalue weighted by molar-refractivity contribution is 5.92. The molecule has 56 heavy (non-hydrogen) atoms. The molecule has 12 rings (SSSR count). The standard InChI is InChI=1S/C52H31N3O/c1-6-14-44-32(9-1)18-24-47(53-44)35-17-23-39-38-12-4-5-13-40(38)52(41(39)29-35)42-30-36(48-25-19-33-10-2-7-15-45(33)54-48)21-27-50(42)56-51-28-22-37(31-43(51)52)49-26-20-34-11-3-8-16-46(34)55-49/h1-31H. The predicted molar refractivity (Wildman–Crippen MR) is 226 cm³/mol. The van der Waals surface area contributed by atoms with Crippen molar-refractivity contribution < 1.29 is 4.74 Å². The third-order valence-corrected chi connectivity index (χ3v) is 11.7. The topological polar surface area (TPSA) is 47.9 Å². The molecule has 1 spiro atoms. The van der Waals surface area contributed by atoms with Crippen molar-refractivity contribution in [2.75, 3.05) is 0 Å². The molecule has 4 heteroatoms. The van der Waals surface area contributed by atoms with Gasteiger partial charge >= 0.3 is 0 Å². The SMILES string of the molecule is c1ccc2c(c1)-c1ccc(-c3ccc4ccccc4n3)cc1C21c2cc(-c3ccc4ccccc4n3)ccc2Oc2ccc(-c3ccc4ccccc4n3)cc21. The normalized spacial score (nSPS) is 13.3. The van der Waals surface area contributed by atoms with Crippen molar-refractivity contribution in [2.24, 2.45) is 0 Å². The van der Waals surface area contributed by atoms with Crippen LogP contribution in [0.1, 0.15) is 22.3 Å². The van der Waals surface area contributed by atoms with Crippen LogP contribution in [0.25, 0.3) is 77.6 Å². The molecule has 4 nitrogen and oxygen atoms in total. The third-order valence-electron chi connectivity index (χ3n) is 11.7. The second-order valence-electron chi connectivity index (χ2n) is 14.7. The van der Waals surface area contributed by atoms with E-state index in [-0.39, 0.29) is 0 Å². The second-order valence-corrected chi connectivity index (χ2v) is 14.7. The van der Waals surface area contributed by atoms with Crippen LogP contribution in [-0.2, 0) is 5.41 Å². The lowest BCUT2D eigenvalue weighted by Crippen LogP contribution is -2.32. The van der Waals surface area contributed by atoms with Gasteiger partial charge in [0.25, 0.3) is 0 Å². The maximum absolute atomic E-state index is 6.93. The first-order chi connectivity index (χ1) is 27.7. The number of aromatic nitrogens is 3. The maximum Gasteiger partial charge on any atom is 0.132 e. The summed E-state index contributed by atoms with van der Waals surface area (Å²) in [6.45, 7) is 0. The third kappa shape index (κ3) is 4.50. The number of benzene rings is 7. The lowest BCUT2D eigenvalue weighted by Gasteiger charge is -2.40. The van der Waals surface area contributed by atoms with Gasteiger partial charge in [-0.2, -0.15) is 0 Å². The van der Waals surface area contributed by atoms with E-state index in [0.717, 1.165) is 89.1 Å². The fourth-order valence-electron chi connectivity index (χ4n) is 9.11. The van der Waals surface area contributed by atoms with Crippen LogP contribution in [0.5, 0.6) is 11.5 Å². The van der Waals surface area contributed by atoms with Crippen molar-refractivity contribution in [1.29, 1.82) is 0 Å². The summed E-state index contributed by atoms with van der Waals surface area (Å²) in [5, 5.41) is 3.36. The van der Waals surface area contributed by atoms with Crippen LogP contribution in [0, 0.1) is 0 Å². The van der Waals surface area contributed by atoms with E-state index in [2.05, 4.69) is 170 Å². The molecule has 0 saturated carbocycles. The second kappa shape index (κ2) is 11.8. The molecule has 7 aromatic carbocycles. The van der Waals surface area contributed by atoms with E-state index in [1.807, 2.05) is 18.2 Å². The van der Waals surface area contributed by atoms with Gasteiger partial charge in [-0.25, -0.2) is 15.0 Å². The quantitative estimate of drug-likeness (QED) is 0.183. The summed E-state index contributed by atoms with van der Waals surface area (Å²) in [4.78, 5) is 15.4. The number of ether oxygens (including phenoxy) is 1. The summed E-state index contributed by atoms with van der Waals surface area (Å²) in [6.07, 6.45) is 0. The smallest absolute Gasteiger partial charge is 0.132 e. The zero-order chi connectivity index (χ0) is 36.8. The van der Waals surface area contributed by atoms with Crippen molar-refractivity contribution in [3.63, 3.8) is 0 Å². The Morgan fingerprint density at radius 1 is 0.321 bits per heavy atom. The largest absolute Gasteiger partial charge is 0.457 e. The summed E-state index contributed by atoms with van der Waals surface area (Å²) in [5.74, 6) is 1.66. The van der Waals surface area contributed by atoms with E-state index in [4.69, 9.17) is 19.7 Å². The Bertz CT molecular complexity index is 3130. The van der Waals surface area contributed by atoms with Gasteiger partial charge in [0.2, 0.25) is 0 Å². The molecule has 3 aromatic heterocycles. The Morgan fingerprint density at radius 2 is 0.732 bits per heavy atom. The number of nitrogens with zero attached hydrogens (tertiary/aromatic N) is 3. The Balaban J connectivity index is 1.15. The van der Waals surface area contributed by atoms with E-state index >= 15 is 0 Å². The molecule has 0 N–H and O–H groups in total. The zero-order valence-corrected chi connectivity index (χ0v) is 30.1. The van der Waals surface area contributed by atoms with Crippen molar-refractivity contribution in [1.82, 2.24) is 15.0 Å². The minimum atomic E-state index is -0.721. The van der Waals surface area contributed by atoms with Gasteiger partial charge in [-0.15, -0.1) is 0 Å². The number of rotatable bonds is 3. The highest BCUT2D eigenvalue weighted by Crippen LogP contribution is 2.63. The average molecular weight is 714 g/mol. The number of pyridine rings is 3. The van der Waals surface area contributed by atoms with Gasteiger partial charge in [0.15, 0.2) is 0 Å². The van der Waals surface area contributed by atoms with Crippen LogP contribution in [0.2, 0.25) is 0 Å². The molecule has 0 fully saturated rings. The van der Waals surface area contributed by atoms with Crippen molar-refractivity contribution in [2.45, 2.75) is 5.41 Å². The van der Waals surface area contributed by atoms with Crippen molar-refractivity contribution in [3.8, 4) is 56.4 Å². The highest BCUT2D eigenvalue weighted by atomic mass is 16.5. The Kier molecular flexibility index (Phi) is 6.52. The van der Waals surface area contributed by atoms with E-state index in [1.165, 1.54) is 22.3 Å². The molecule has 260 valence electrons. The lowest BCUT2D eigenvalue weighted by molar-refractivity contribution is 0.436. The van der Waals surface area contributed by atoms with Gasteiger partial charge in [-0.3, -0.25) is 0 Å². The molecule has 0 atom stereocenters. The van der Waals surface area contributed by atoms with E-state index in [9.17, 15) is 0 Å². The molecule has 0 radical (unpaired) electrons. The molecule has 0 unspecified atom stereocenters. The van der Waals surface area contributed by atoms with Gasteiger partial charge < -0.3 is 4.74 Å². The van der Waals surface area contributed by atoms with E-state index in [0.29, 0.717) is 0 Å². The van der Waals surface area contributed by atoms with Gasteiger partial charge in [0, 0.05) is 44.0 Å². The first-order valence-electron chi connectivity index (χ1n) is 19.0. The first-order valence-corrected chi connectivity index (χ1v) is 19.0. The number of fused-ring (bicyclic) bond motifs is 12. The van der Waals surface area contributed by atoms with Crippen LogP contribution in [-0.4, -0.2) is 15.0 Å². The molecule has 1 aliphatic carbocycles. The molecule has 10 aromatic rings. The number of hydrogen-bond acceptors (Lipinski definition) is 4. The van der Waals surface area contributed by atoms with Crippen molar-refractivity contribution in [3.05, 3.63) is 210 Å². The zero-order valence-electron chi connectivity index (χ0n) is 30.1. The summed E-state index contributed by atoms with van der Waals surface area (Å²) in [7, 11) is 0. The molecule has 1 aliphatic heterocycles. The molecular weight excluding hydrogens is 683 g/mol. The fourth-order valence-corrected chi connectivity index (χ4v) is 9.11. The van der Waals surface area contributed by atoms with Gasteiger partial charge in [0.05, 0.1) is 39.0 Å². The molecule has 0 bridgehead atoms. The summed E-state index contributed by atoms with van der Waals surface area (Å²) in [6, 6.07) is 66.6. The minimum Gasteiger partial charge on any atom is -0.457 e. The lowest BCUT2D eigenvalue weighted by atomic mass is 9.65. The maximum atomic E-state index is 6.93. The molecule has 4 heterocycles. The Labute approximate surface area is 323 Å².